The summed E-state index contributed by atoms with van der Waals surface area (Å²) in [6.45, 7) is 5.51. The average molecular weight is 358 g/mol. The van der Waals surface area contributed by atoms with Crippen LogP contribution in [0.4, 0.5) is 0 Å². The van der Waals surface area contributed by atoms with Crippen molar-refractivity contribution in [1.82, 2.24) is 20.4 Å². The molecule has 7 heteroatoms. The van der Waals surface area contributed by atoms with Crippen molar-refractivity contribution < 1.29 is 14.4 Å². The van der Waals surface area contributed by atoms with E-state index < -0.39 is 0 Å². The van der Waals surface area contributed by atoms with E-state index in [9.17, 15) is 14.4 Å². The molecule has 1 saturated heterocycles. The maximum Gasteiger partial charge on any atom is 0.251 e. The Morgan fingerprint density at radius 2 is 1.73 bits per heavy atom. The number of nitrogens with one attached hydrogen (secondary N) is 2. The van der Waals surface area contributed by atoms with Crippen molar-refractivity contribution in [2.75, 3.05) is 46.3 Å². The Morgan fingerprint density at radius 3 is 2.31 bits per heavy atom. The third kappa shape index (κ3) is 5.70. The Bertz CT molecular complexity index is 662. The second-order valence-corrected chi connectivity index (χ2v) is 6.09. The van der Waals surface area contributed by atoms with E-state index in [4.69, 9.17) is 0 Å². The lowest BCUT2D eigenvalue weighted by molar-refractivity contribution is -0.128. The Hall–Kier alpha value is -2.67. The van der Waals surface area contributed by atoms with Gasteiger partial charge in [-0.15, -0.1) is 0 Å². The zero-order valence-electron chi connectivity index (χ0n) is 15.3. The van der Waals surface area contributed by atoms with E-state index in [1.807, 2.05) is 6.92 Å². The Kier molecular flexibility index (Phi) is 7.35. The van der Waals surface area contributed by atoms with E-state index in [0.717, 1.165) is 5.56 Å². The standard InChI is InChI=1S/C19H26N4O3/c1-3-21-17(24)14-22-10-12-23(13-11-22)18(25)9-6-15-4-7-16(8-5-15)19(26)20-2/h4-9H,3,10-14H2,1-2H3,(H,20,26)(H,21,24)/b9-6+. The SMILES string of the molecule is CCNC(=O)CN1CCN(C(=O)/C=C/c2ccc(C(=O)NC)cc2)CC1. The fourth-order valence-electron chi connectivity index (χ4n) is 2.75. The van der Waals surface area contributed by atoms with Gasteiger partial charge in [-0.2, -0.15) is 0 Å². The highest BCUT2D eigenvalue weighted by Crippen LogP contribution is 2.08. The van der Waals surface area contributed by atoms with Crippen molar-refractivity contribution in [1.29, 1.82) is 0 Å². The summed E-state index contributed by atoms with van der Waals surface area (Å²) in [6, 6.07) is 7.06. The minimum Gasteiger partial charge on any atom is -0.355 e. The molecule has 140 valence electrons. The summed E-state index contributed by atoms with van der Waals surface area (Å²) in [6.07, 6.45) is 3.30. The maximum absolute atomic E-state index is 12.3. The Balaban J connectivity index is 1.82. The van der Waals surface area contributed by atoms with Crippen molar-refractivity contribution in [3.8, 4) is 0 Å². The molecule has 7 nitrogen and oxygen atoms in total. The molecule has 1 heterocycles. The van der Waals surface area contributed by atoms with Crippen LogP contribution in [0, 0.1) is 0 Å². The van der Waals surface area contributed by atoms with Gasteiger partial charge in [-0.1, -0.05) is 12.1 Å². The van der Waals surface area contributed by atoms with Crippen LogP contribution in [-0.4, -0.2) is 73.8 Å². The molecule has 0 spiro atoms. The number of rotatable bonds is 6. The smallest absolute Gasteiger partial charge is 0.251 e. The largest absolute Gasteiger partial charge is 0.355 e. The van der Waals surface area contributed by atoms with Crippen LogP contribution >= 0.6 is 0 Å². The summed E-state index contributed by atoms with van der Waals surface area (Å²) in [5, 5.41) is 5.35. The minimum absolute atomic E-state index is 0.0207. The van der Waals surface area contributed by atoms with Crippen LogP contribution in [0.5, 0.6) is 0 Å². The molecular weight excluding hydrogens is 332 g/mol. The van der Waals surface area contributed by atoms with Gasteiger partial charge in [0.15, 0.2) is 0 Å². The van der Waals surface area contributed by atoms with Gasteiger partial charge in [-0.3, -0.25) is 19.3 Å². The number of nitrogens with zero attached hydrogens (tertiary/aromatic N) is 2. The molecule has 1 aromatic rings. The summed E-state index contributed by atoms with van der Waals surface area (Å²) in [5.74, 6) is -0.160. The Morgan fingerprint density at radius 1 is 1.08 bits per heavy atom. The van der Waals surface area contributed by atoms with Crippen LogP contribution in [-0.2, 0) is 9.59 Å². The van der Waals surface area contributed by atoms with Gasteiger partial charge in [0.1, 0.15) is 0 Å². The highest BCUT2D eigenvalue weighted by Gasteiger charge is 2.20. The van der Waals surface area contributed by atoms with Crippen LogP contribution < -0.4 is 10.6 Å². The molecule has 0 bridgehead atoms. The van der Waals surface area contributed by atoms with Gasteiger partial charge in [-0.05, 0) is 30.7 Å². The van der Waals surface area contributed by atoms with Gasteiger partial charge in [0.2, 0.25) is 11.8 Å². The van der Waals surface area contributed by atoms with Gasteiger partial charge < -0.3 is 15.5 Å². The van der Waals surface area contributed by atoms with Crippen LogP contribution in [0.15, 0.2) is 30.3 Å². The first-order chi connectivity index (χ1) is 12.5. The van der Waals surface area contributed by atoms with E-state index in [-0.39, 0.29) is 17.7 Å². The molecule has 2 N–H and O–H groups in total. The van der Waals surface area contributed by atoms with Gasteiger partial charge in [0, 0.05) is 51.4 Å². The molecule has 3 amide bonds. The summed E-state index contributed by atoms with van der Waals surface area (Å²) in [4.78, 5) is 39.2. The lowest BCUT2D eigenvalue weighted by atomic mass is 10.1. The quantitative estimate of drug-likeness (QED) is 0.719. The number of carbonyl (C=O) groups excluding carboxylic acids is 3. The van der Waals surface area contributed by atoms with E-state index in [1.54, 1.807) is 48.4 Å². The molecule has 0 atom stereocenters. The fraction of sp³-hybridized carbons (Fsp3) is 0.421. The number of hydrogen-bond donors (Lipinski definition) is 2. The monoisotopic (exact) mass is 358 g/mol. The summed E-state index contributed by atoms with van der Waals surface area (Å²) >= 11 is 0. The fourth-order valence-corrected chi connectivity index (χ4v) is 2.75. The number of likely N-dealkylation sites (N-methyl/N-ethyl adjacent to an activating group) is 1. The molecule has 0 saturated carbocycles. The number of hydrogen-bond acceptors (Lipinski definition) is 4. The molecule has 0 unspecified atom stereocenters. The molecular formula is C19H26N4O3. The zero-order valence-corrected chi connectivity index (χ0v) is 15.3. The average Bonchev–Trinajstić information content (AvgIpc) is 2.66. The predicted octanol–water partition coefficient (Wildman–Crippen LogP) is 0.340. The van der Waals surface area contributed by atoms with Crippen molar-refractivity contribution >= 4 is 23.8 Å². The topological polar surface area (TPSA) is 81.8 Å². The van der Waals surface area contributed by atoms with E-state index in [2.05, 4.69) is 15.5 Å². The molecule has 1 fully saturated rings. The normalized spacial score (nSPS) is 15.1. The lowest BCUT2D eigenvalue weighted by Crippen LogP contribution is -2.50. The lowest BCUT2D eigenvalue weighted by Gasteiger charge is -2.33. The number of benzene rings is 1. The number of piperazine rings is 1. The van der Waals surface area contributed by atoms with Gasteiger partial charge in [-0.25, -0.2) is 0 Å². The van der Waals surface area contributed by atoms with Crippen LogP contribution in [0.1, 0.15) is 22.8 Å². The first-order valence-electron chi connectivity index (χ1n) is 8.81. The molecule has 1 aliphatic heterocycles. The van der Waals surface area contributed by atoms with Crippen molar-refractivity contribution in [2.45, 2.75) is 6.92 Å². The molecule has 1 aliphatic rings. The summed E-state index contributed by atoms with van der Waals surface area (Å²) in [7, 11) is 1.59. The molecule has 0 aliphatic carbocycles. The second kappa shape index (κ2) is 9.72. The first kappa shape index (κ1) is 19.7. The van der Waals surface area contributed by atoms with E-state index in [0.29, 0.717) is 44.8 Å². The van der Waals surface area contributed by atoms with Crippen molar-refractivity contribution in [3.63, 3.8) is 0 Å². The van der Waals surface area contributed by atoms with E-state index in [1.165, 1.54) is 0 Å². The van der Waals surface area contributed by atoms with Crippen LogP contribution in [0.3, 0.4) is 0 Å². The maximum atomic E-state index is 12.3. The minimum atomic E-state index is -0.137. The molecule has 0 radical (unpaired) electrons. The number of amides is 3. The first-order valence-corrected chi connectivity index (χ1v) is 8.81. The van der Waals surface area contributed by atoms with Gasteiger partial charge in [0.05, 0.1) is 6.54 Å². The Labute approximate surface area is 154 Å². The highest BCUT2D eigenvalue weighted by atomic mass is 16.2. The highest BCUT2D eigenvalue weighted by molar-refractivity contribution is 5.94. The van der Waals surface area contributed by atoms with Crippen molar-refractivity contribution in [2.24, 2.45) is 0 Å². The summed E-state index contributed by atoms with van der Waals surface area (Å²) in [5.41, 5.74) is 1.44. The van der Waals surface area contributed by atoms with Gasteiger partial charge >= 0.3 is 0 Å². The molecule has 2 rings (SSSR count). The molecule has 0 aromatic heterocycles. The molecule has 26 heavy (non-hydrogen) atoms. The third-order valence-corrected chi connectivity index (χ3v) is 4.24. The van der Waals surface area contributed by atoms with Crippen LogP contribution in [0.2, 0.25) is 0 Å². The number of carbonyl (C=O) groups is 3. The van der Waals surface area contributed by atoms with Gasteiger partial charge in [0.25, 0.3) is 5.91 Å². The van der Waals surface area contributed by atoms with Crippen molar-refractivity contribution in [3.05, 3.63) is 41.5 Å². The zero-order chi connectivity index (χ0) is 18.9. The van der Waals surface area contributed by atoms with E-state index >= 15 is 0 Å². The molecule has 1 aromatic carbocycles. The third-order valence-electron chi connectivity index (χ3n) is 4.24. The second-order valence-electron chi connectivity index (χ2n) is 6.09. The predicted molar refractivity (Wildman–Crippen MR) is 101 cm³/mol. The van der Waals surface area contributed by atoms with Crippen LogP contribution in [0.25, 0.3) is 6.08 Å². The summed E-state index contributed by atoms with van der Waals surface area (Å²) < 4.78 is 0.